The second kappa shape index (κ2) is 4.47. The highest BCUT2D eigenvalue weighted by atomic mass is 19.1. The third kappa shape index (κ3) is 2.02. The first-order valence-corrected chi connectivity index (χ1v) is 4.59. The van der Waals surface area contributed by atoms with Gasteiger partial charge in [-0.2, -0.15) is 4.99 Å². The highest BCUT2D eigenvalue weighted by Gasteiger charge is 2.04. The van der Waals surface area contributed by atoms with Crippen LogP contribution in [0.3, 0.4) is 0 Å². The zero-order chi connectivity index (χ0) is 11.4. The molecule has 3 nitrogen and oxygen atoms in total. The van der Waals surface area contributed by atoms with Gasteiger partial charge in [0, 0.05) is 17.3 Å². The minimum Gasteiger partial charge on any atom is -0.262 e. The van der Waals surface area contributed by atoms with Crippen LogP contribution in [-0.4, -0.2) is 11.1 Å². The summed E-state index contributed by atoms with van der Waals surface area (Å²) in [6.07, 6.45) is 4.35. The Hall–Kier alpha value is -2.32. The number of pyridine rings is 1. The van der Waals surface area contributed by atoms with Crippen molar-refractivity contribution in [1.29, 1.82) is 0 Å². The lowest BCUT2D eigenvalue weighted by molar-refractivity contribution is 0.565. The first kappa shape index (κ1) is 10.2. The van der Waals surface area contributed by atoms with E-state index in [2.05, 4.69) is 9.98 Å². The fraction of sp³-hybridized carbons (Fsp3) is 0. The number of benzene rings is 1. The number of aliphatic imine (C=N–C) groups is 1. The number of nitrogens with zero attached hydrogens (tertiary/aromatic N) is 2. The van der Waals surface area contributed by atoms with E-state index in [4.69, 9.17) is 0 Å². The molecule has 2 rings (SSSR count). The Morgan fingerprint density at radius 1 is 1.25 bits per heavy atom. The monoisotopic (exact) mass is 214 g/mol. The lowest BCUT2D eigenvalue weighted by Crippen LogP contribution is -1.84. The lowest BCUT2D eigenvalue weighted by Gasteiger charge is -2.02. The zero-order valence-electron chi connectivity index (χ0n) is 8.22. The predicted octanol–water partition coefficient (Wildman–Crippen LogP) is 2.86. The minimum absolute atomic E-state index is 0.337. The molecule has 0 saturated heterocycles. The second-order valence-electron chi connectivity index (χ2n) is 3.11. The number of aromatic nitrogens is 1. The van der Waals surface area contributed by atoms with Crippen LogP contribution in [0.25, 0.3) is 11.1 Å². The standard InChI is InChI=1S/C12H7FN2O/c13-12-4-2-1-3-11(12)9-5-10(15-8-16)7-14-6-9/h1-7H. The van der Waals surface area contributed by atoms with Crippen molar-refractivity contribution in [3.63, 3.8) is 0 Å². The van der Waals surface area contributed by atoms with Gasteiger partial charge >= 0.3 is 0 Å². The van der Waals surface area contributed by atoms with Crippen molar-refractivity contribution in [1.82, 2.24) is 4.98 Å². The molecule has 0 aliphatic carbocycles. The molecule has 4 heteroatoms. The van der Waals surface area contributed by atoms with Gasteiger partial charge in [0.05, 0.1) is 11.9 Å². The van der Waals surface area contributed by atoms with Crippen molar-refractivity contribution >= 4 is 11.8 Å². The molecule has 0 aliphatic heterocycles. The summed E-state index contributed by atoms with van der Waals surface area (Å²) in [4.78, 5) is 17.4. The molecule has 0 radical (unpaired) electrons. The molecule has 16 heavy (non-hydrogen) atoms. The summed E-state index contributed by atoms with van der Waals surface area (Å²) in [5, 5.41) is 0. The van der Waals surface area contributed by atoms with Crippen molar-refractivity contribution in [3.05, 3.63) is 48.5 Å². The van der Waals surface area contributed by atoms with Crippen molar-refractivity contribution < 1.29 is 9.18 Å². The third-order valence-corrected chi connectivity index (χ3v) is 2.08. The van der Waals surface area contributed by atoms with Crippen LogP contribution < -0.4 is 0 Å². The van der Waals surface area contributed by atoms with Crippen LogP contribution in [0.1, 0.15) is 0 Å². The SMILES string of the molecule is O=C=Nc1cncc(-c2ccccc2F)c1. The van der Waals surface area contributed by atoms with E-state index in [1.807, 2.05) is 0 Å². The number of hydrogen-bond acceptors (Lipinski definition) is 3. The summed E-state index contributed by atoms with van der Waals surface area (Å²) in [5.41, 5.74) is 1.36. The van der Waals surface area contributed by atoms with Crippen molar-refractivity contribution in [2.45, 2.75) is 0 Å². The molecule has 0 spiro atoms. The van der Waals surface area contributed by atoms with Gasteiger partial charge in [0.15, 0.2) is 0 Å². The molecule has 1 aromatic heterocycles. The van der Waals surface area contributed by atoms with E-state index in [-0.39, 0.29) is 5.82 Å². The van der Waals surface area contributed by atoms with Crippen molar-refractivity contribution in [2.24, 2.45) is 4.99 Å². The van der Waals surface area contributed by atoms with Crippen LogP contribution >= 0.6 is 0 Å². The number of halogens is 1. The van der Waals surface area contributed by atoms with E-state index >= 15 is 0 Å². The largest absolute Gasteiger partial charge is 0.262 e. The Labute approximate surface area is 91.3 Å². The molecule has 0 unspecified atom stereocenters. The van der Waals surface area contributed by atoms with Crippen molar-refractivity contribution in [2.75, 3.05) is 0 Å². The van der Waals surface area contributed by atoms with Crippen LogP contribution in [0.2, 0.25) is 0 Å². The molecule has 78 valence electrons. The first-order valence-electron chi connectivity index (χ1n) is 4.59. The first-order chi connectivity index (χ1) is 7.81. The average Bonchev–Trinajstić information content (AvgIpc) is 2.30. The van der Waals surface area contributed by atoms with E-state index < -0.39 is 0 Å². The van der Waals surface area contributed by atoms with Gasteiger partial charge in [-0.05, 0) is 12.1 Å². The Morgan fingerprint density at radius 3 is 2.81 bits per heavy atom. The molecule has 0 amide bonds. The molecule has 0 fully saturated rings. The van der Waals surface area contributed by atoms with Crippen LogP contribution in [0.5, 0.6) is 0 Å². The number of carbonyl (C=O) groups excluding carboxylic acids is 1. The Bertz CT molecular complexity index is 562. The topological polar surface area (TPSA) is 42.3 Å². The molecule has 1 aromatic carbocycles. The summed E-state index contributed by atoms with van der Waals surface area (Å²) in [5.74, 6) is -0.337. The third-order valence-electron chi connectivity index (χ3n) is 2.08. The van der Waals surface area contributed by atoms with Crippen molar-refractivity contribution in [3.8, 4) is 11.1 Å². The molecule has 0 N–H and O–H groups in total. The highest BCUT2D eigenvalue weighted by molar-refractivity contribution is 5.67. The van der Waals surface area contributed by atoms with Gasteiger partial charge in [-0.25, -0.2) is 9.18 Å². The summed E-state index contributed by atoms with van der Waals surface area (Å²) < 4.78 is 13.5. The Kier molecular flexibility index (Phi) is 2.85. The maximum absolute atomic E-state index is 13.5. The molecular formula is C12H7FN2O. The van der Waals surface area contributed by atoms with Gasteiger partial charge in [0.2, 0.25) is 6.08 Å². The van der Waals surface area contributed by atoms with E-state index in [0.717, 1.165) is 0 Å². The number of isocyanates is 1. The predicted molar refractivity (Wildman–Crippen MR) is 57.4 cm³/mol. The highest BCUT2D eigenvalue weighted by Crippen LogP contribution is 2.24. The molecule has 2 aromatic rings. The van der Waals surface area contributed by atoms with Gasteiger partial charge in [0.25, 0.3) is 0 Å². The van der Waals surface area contributed by atoms with Crippen LogP contribution in [0, 0.1) is 5.82 Å². The smallest absolute Gasteiger partial charge is 0.240 e. The zero-order valence-corrected chi connectivity index (χ0v) is 8.22. The Morgan fingerprint density at radius 2 is 2.06 bits per heavy atom. The molecule has 0 aliphatic rings. The lowest BCUT2D eigenvalue weighted by atomic mass is 10.1. The van der Waals surface area contributed by atoms with Gasteiger partial charge < -0.3 is 0 Å². The molecule has 1 heterocycles. The molecule has 0 atom stereocenters. The second-order valence-corrected chi connectivity index (χ2v) is 3.11. The average molecular weight is 214 g/mol. The van der Waals surface area contributed by atoms with E-state index in [0.29, 0.717) is 16.8 Å². The summed E-state index contributed by atoms with van der Waals surface area (Å²) >= 11 is 0. The fourth-order valence-electron chi connectivity index (χ4n) is 1.38. The van der Waals surface area contributed by atoms with Gasteiger partial charge in [-0.1, -0.05) is 18.2 Å². The van der Waals surface area contributed by atoms with E-state index in [9.17, 15) is 9.18 Å². The van der Waals surface area contributed by atoms with E-state index in [1.54, 1.807) is 24.3 Å². The van der Waals surface area contributed by atoms with Crippen LogP contribution in [0.15, 0.2) is 47.7 Å². The Balaban J connectivity index is 2.52. The molecule has 0 bridgehead atoms. The van der Waals surface area contributed by atoms with Gasteiger partial charge in [-0.3, -0.25) is 4.98 Å². The summed E-state index contributed by atoms with van der Waals surface area (Å²) in [6.45, 7) is 0. The van der Waals surface area contributed by atoms with Gasteiger partial charge in [-0.15, -0.1) is 0 Å². The summed E-state index contributed by atoms with van der Waals surface area (Å²) in [6, 6.07) is 7.93. The fourth-order valence-corrected chi connectivity index (χ4v) is 1.38. The quantitative estimate of drug-likeness (QED) is 0.569. The number of rotatable bonds is 2. The normalized spacial score (nSPS) is 9.56. The summed E-state index contributed by atoms with van der Waals surface area (Å²) in [7, 11) is 0. The van der Waals surface area contributed by atoms with Crippen LogP contribution in [-0.2, 0) is 4.79 Å². The van der Waals surface area contributed by atoms with Crippen LogP contribution in [0.4, 0.5) is 10.1 Å². The maximum atomic E-state index is 13.5. The van der Waals surface area contributed by atoms with Gasteiger partial charge in [0.1, 0.15) is 5.82 Å². The maximum Gasteiger partial charge on any atom is 0.240 e. The van der Waals surface area contributed by atoms with E-state index in [1.165, 1.54) is 24.5 Å². The molecular weight excluding hydrogens is 207 g/mol. The number of hydrogen-bond donors (Lipinski definition) is 0. The molecule has 0 saturated carbocycles. The minimum atomic E-state index is -0.337.